The molecule has 2 heteroatoms. The first-order chi connectivity index (χ1) is 27.5. The van der Waals surface area contributed by atoms with Crippen molar-refractivity contribution in [3.63, 3.8) is 0 Å². The monoisotopic (exact) mass is 716 g/mol. The Morgan fingerprint density at radius 2 is 1.00 bits per heavy atom. The summed E-state index contributed by atoms with van der Waals surface area (Å²) in [7, 11) is 0. The first-order valence-electron chi connectivity index (χ1n) is 19.6. The summed E-state index contributed by atoms with van der Waals surface area (Å²) < 4.78 is 0. The average Bonchev–Trinajstić information content (AvgIpc) is 3.34. The molecule has 0 unspecified atom stereocenters. The van der Waals surface area contributed by atoms with Gasteiger partial charge in [-0.25, -0.2) is 0 Å². The summed E-state index contributed by atoms with van der Waals surface area (Å²) in [5, 5.41) is 2.46. The van der Waals surface area contributed by atoms with Gasteiger partial charge in [0.1, 0.15) is 0 Å². The molecule has 2 aliphatic heterocycles. The highest BCUT2D eigenvalue weighted by Crippen LogP contribution is 2.52. The van der Waals surface area contributed by atoms with Crippen molar-refractivity contribution < 1.29 is 0 Å². The lowest BCUT2D eigenvalue weighted by molar-refractivity contribution is 0.660. The molecule has 0 atom stereocenters. The van der Waals surface area contributed by atoms with Crippen LogP contribution in [0.3, 0.4) is 0 Å². The van der Waals surface area contributed by atoms with Crippen LogP contribution in [0.15, 0.2) is 170 Å². The minimum absolute atomic E-state index is 0.151. The van der Waals surface area contributed by atoms with Gasteiger partial charge in [-0.05, 0) is 103 Å². The number of nitrogens with zero attached hydrogens (tertiary/aromatic N) is 2. The Morgan fingerprint density at radius 1 is 0.446 bits per heavy atom. The van der Waals surface area contributed by atoms with Crippen molar-refractivity contribution in [1.29, 1.82) is 0 Å². The van der Waals surface area contributed by atoms with Gasteiger partial charge in [-0.2, -0.15) is 0 Å². The van der Waals surface area contributed by atoms with E-state index >= 15 is 0 Å². The van der Waals surface area contributed by atoms with E-state index in [9.17, 15) is 0 Å². The lowest BCUT2D eigenvalue weighted by Crippen LogP contribution is -2.20. The van der Waals surface area contributed by atoms with Gasteiger partial charge in [0.2, 0.25) is 0 Å². The van der Waals surface area contributed by atoms with Crippen LogP contribution in [0.25, 0.3) is 46.2 Å². The fourth-order valence-electron chi connectivity index (χ4n) is 9.42. The topological polar surface area (TPSA) is 6.48 Å². The number of anilines is 6. The Hall–Kier alpha value is -6.90. The summed E-state index contributed by atoms with van der Waals surface area (Å²) in [6, 6.07) is 62.6. The molecule has 0 bridgehead atoms. The highest BCUT2D eigenvalue weighted by atomic mass is 15.2. The zero-order chi connectivity index (χ0) is 37.4. The number of hydrogen-bond acceptors (Lipinski definition) is 2. The zero-order valence-electron chi connectivity index (χ0n) is 31.6. The molecule has 0 radical (unpaired) electrons. The SMILES string of the molecule is CC1(C)c2cc(/C=C/c3ccc(N4c5ccccc5C=Cc5ccccc54)c4ccccc34)ccc2-c2ccc(N3c4ccccc4Cc4ccccc43)cc21. The van der Waals surface area contributed by atoms with Gasteiger partial charge in [0, 0.05) is 34.3 Å². The molecule has 0 saturated heterocycles. The van der Waals surface area contributed by atoms with Crippen LogP contribution in [0, 0.1) is 0 Å². The lowest BCUT2D eigenvalue weighted by atomic mass is 9.81. The number of rotatable bonds is 4. The van der Waals surface area contributed by atoms with E-state index < -0.39 is 0 Å². The second-order valence-electron chi connectivity index (χ2n) is 15.8. The predicted molar refractivity (Wildman–Crippen MR) is 238 cm³/mol. The molecular formula is C54H40N2. The van der Waals surface area contributed by atoms with Gasteiger partial charge < -0.3 is 9.80 Å². The van der Waals surface area contributed by atoms with Crippen molar-refractivity contribution in [3.8, 4) is 11.1 Å². The smallest absolute Gasteiger partial charge is 0.0540 e. The Balaban J connectivity index is 0.952. The van der Waals surface area contributed by atoms with Crippen molar-refractivity contribution in [3.05, 3.63) is 214 Å². The molecule has 0 N–H and O–H groups in total. The Morgan fingerprint density at radius 3 is 1.68 bits per heavy atom. The van der Waals surface area contributed by atoms with Crippen LogP contribution in [0.1, 0.15) is 58.4 Å². The van der Waals surface area contributed by atoms with Crippen molar-refractivity contribution in [2.75, 3.05) is 9.80 Å². The minimum atomic E-state index is -0.151. The van der Waals surface area contributed by atoms with E-state index in [-0.39, 0.29) is 5.41 Å². The van der Waals surface area contributed by atoms with Crippen molar-refractivity contribution in [2.24, 2.45) is 0 Å². The molecule has 0 fully saturated rings. The average molecular weight is 717 g/mol. The molecule has 3 aliphatic rings. The zero-order valence-corrected chi connectivity index (χ0v) is 31.6. The molecule has 0 spiro atoms. The quantitative estimate of drug-likeness (QED) is 0.167. The first kappa shape index (κ1) is 32.5. The largest absolute Gasteiger partial charge is 0.310 e. The van der Waals surface area contributed by atoms with Crippen molar-refractivity contribution in [2.45, 2.75) is 25.7 Å². The highest BCUT2D eigenvalue weighted by Gasteiger charge is 2.36. The molecule has 2 heterocycles. The molecule has 11 rings (SSSR count). The van der Waals surface area contributed by atoms with E-state index in [4.69, 9.17) is 0 Å². The molecule has 1 aliphatic carbocycles. The number of para-hydroxylation sites is 4. The molecular weight excluding hydrogens is 677 g/mol. The van der Waals surface area contributed by atoms with Crippen LogP contribution in [0.4, 0.5) is 34.1 Å². The standard InChI is InChI=1S/C54H40N2/c1-54(2)47-33-36(24-30-44(47)45-31-29-42(35-48(45)54)55-51-21-11-5-15-40(51)34-41-16-6-12-22-52(41)55)23-25-37-28-32-53(46-18-8-7-17-43(37)46)56-49-19-9-3-13-38(49)26-27-39-14-4-10-20-50(39)56/h3-33,35H,34H2,1-2H3/b25-23+. The highest BCUT2D eigenvalue weighted by molar-refractivity contribution is 6.06. The molecule has 0 aromatic heterocycles. The van der Waals surface area contributed by atoms with E-state index in [0.29, 0.717) is 0 Å². The first-order valence-corrected chi connectivity index (χ1v) is 19.6. The Kier molecular flexibility index (Phi) is 7.31. The third-order valence-corrected chi connectivity index (χ3v) is 12.2. The molecule has 56 heavy (non-hydrogen) atoms. The van der Waals surface area contributed by atoms with Crippen LogP contribution in [-0.4, -0.2) is 0 Å². The number of hydrogen-bond donors (Lipinski definition) is 0. The molecule has 0 saturated carbocycles. The van der Waals surface area contributed by atoms with Crippen LogP contribution < -0.4 is 9.80 Å². The maximum absolute atomic E-state index is 2.46. The van der Waals surface area contributed by atoms with Crippen molar-refractivity contribution in [1.82, 2.24) is 0 Å². The summed E-state index contributed by atoms with van der Waals surface area (Å²) in [6.07, 6.45) is 10.00. The summed E-state index contributed by atoms with van der Waals surface area (Å²) in [6.45, 7) is 4.77. The van der Waals surface area contributed by atoms with Gasteiger partial charge in [-0.15, -0.1) is 0 Å². The summed E-state index contributed by atoms with van der Waals surface area (Å²) in [4.78, 5) is 4.88. The fourth-order valence-corrected chi connectivity index (χ4v) is 9.42. The van der Waals surface area contributed by atoms with E-state index in [1.807, 2.05) is 0 Å². The molecule has 0 amide bonds. The molecule has 266 valence electrons. The third kappa shape index (κ3) is 5.03. The molecule has 8 aromatic carbocycles. The number of benzene rings is 8. The summed E-state index contributed by atoms with van der Waals surface area (Å²) in [5.41, 5.74) is 20.1. The van der Waals surface area contributed by atoms with Crippen LogP contribution in [-0.2, 0) is 11.8 Å². The predicted octanol–water partition coefficient (Wildman–Crippen LogP) is 14.6. The van der Waals surface area contributed by atoms with Crippen LogP contribution in [0.5, 0.6) is 0 Å². The van der Waals surface area contributed by atoms with Crippen LogP contribution >= 0.6 is 0 Å². The van der Waals surface area contributed by atoms with Gasteiger partial charge in [-0.3, -0.25) is 0 Å². The van der Waals surface area contributed by atoms with Gasteiger partial charge >= 0.3 is 0 Å². The maximum Gasteiger partial charge on any atom is 0.0540 e. The fraction of sp³-hybridized carbons (Fsp3) is 0.0741. The molecule has 8 aromatic rings. The Labute approximate surface area is 328 Å². The second kappa shape index (κ2) is 12.6. The summed E-state index contributed by atoms with van der Waals surface area (Å²) in [5.74, 6) is 0. The maximum atomic E-state index is 2.46. The van der Waals surface area contributed by atoms with E-state index in [2.05, 4.69) is 218 Å². The second-order valence-corrected chi connectivity index (χ2v) is 15.8. The van der Waals surface area contributed by atoms with Gasteiger partial charge in [0.15, 0.2) is 0 Å². The van der Waals surface area contributed by atoms with E-state index in [0.717, 1.165) is 6.42 Å². The number of fused-ring (bicyclic) bond motifs is 8. The van der Waals surface area contributed by atoms with Crippen molar-refractivity contribution >= 4 is 69.2 Å². The summed E-state index contributed by atoms with van der Waals surface area (Å²) >= 11 is 0. The Bertz CT molecular complexity index is 2850. The van der Waals surface area contributed by atoms with Gasteiger partial charge in [-0.1, -0.05) is 166 Å². The van der Waals surface area contributed by atoms with E-state index in [1.165, 1.54) is 101 Å². The van der Waals surface area contributed by atoms with Gasteiger partial charge in [0.05, 0.1) is 17.1 Å². The molecule has 2 nitrogen and oxygen atoms in total. The lowest BCUT2D eigenvalue weighted by Gasteiger charge is -2.34. The van der Waals surface area contributed by atoms with E-state index in [1.54, 1.807) is 0 Å². The third-order valence-electron chi connectivity index (χ3n) is 12.2. The van der Waals surface area contributed by atoms with Crippen LogP contribution in [0.2, 0.25) is 0 Å². The minimum Gasteiger partial charge on any atom is -0.310 e. The normalized spacial score (nSPS) is 14.5. The van der Waals surface area contributed by atoms with Gasteiger partial charge in [0.25, 0.3) is 0 Å².